The monoisotopic (exact) mass is 419 g/mol. The van der Waals surface area contributed by atoms with Crippen LogP contribution in [0.15, 0.2) is 12.4 Å². The van der Waals surface area contributed by atoms with Crippen LogP contribution in [0.5, 0.6) is 0 Å². The molecule has 11 heteroatoms. The van der Waals surface area contributed by atoms with Gasteiger partial charge >= 0.3 is 0 Å². The summed E-state index contributed by atoms with van der Waals surface area (Å²) in [5.74, 6) is 1.36. The Morgan fingerprint density at radius 3 is 2.66 bits per heavy atom. The van der Waals surface area contributed by atoms with Crippen LogP contribution < -0.4 is 5.32 Å². The Morgan fingerprint density at radius 2 is 2.00 bits per heavy atom. The average Bonchev–Trinajstić information content (AvgIpc) is 3.11. The standard InChI is InChI=1S/C18H25N7O3S/c1-12-9-16(23-22-12)21-17-14-5-6-24(10-15(14)19-11-20-17)18(26)13-3-7-25(8-4-13)29(2,27)28/h9,11,13H,3-8,10H2,1-2H3,(H2,19,20,21,22,23). The number of hydrogen-bond acceptors (Lipinski definition) is 7. The number of aryl methyl sites for hydroxylation is 1. The van der Waals surface area contributed by atoms with Crippen LogP contribution in [0, 0.1) is 12.8 Å². The summed E-state index contributed by atoms with van der Waals surface area (Å²) in [5, 5.41) is 10.3. The summed E-state index contributed by atoms with van der Waals surface area (Å²) in [7, 11) is -3.19. The lowest BCUT2D eigenvalue weighted by molar-refractivity contribution is -0.137. The third-order valence-corrected chi connectivity index (χ3v) is 6.85. The van der Waals surface area contributed by atoms with E-state index in [9.17, 15) is 13.2 Å². The predicted molar refractivity (Wildman–Crippen MR) is 107 cm³/mol. The number of anilines is 2. The molecule has 10 nitrogen and oxygen atoms in total. The number of carbonyl (C=O) groups is 1. The first-order chi connectivity index (χ1) is 13.8. The number of nitrogens with one attached hydrogen (secondary N) is 2. The quantitative estimate of drug-likeness (QED) is 0.751. The highest BCUT2D eigenvalue weighted by Crippen LogP contribution is 2.28. The Kier molecular flexibility index (Phi) is 5.26. The third-order valence-electron chi connectivity index (χ3n) is 5.54. The van der Waals surface area contributed by atoms with Gasteiger partial charge in [0, 0.05) is 42.9 Å². The van der Waals surface area contributed by atoms with Gasteiger partial charge in [-0.15, -0.1) is 0 Å². The molecule has 2 aliphatic rings. The van der Waals surface area contributed by atoms with E-state index >= 15 is 0 Å². The van der Waals surface area contributed by atoms with E-state index in [4.69, 9.17) is 0 Å². The SMILES string of the molecule is Cc1cc(Nc2ncnc3c2CCN(C(=O)C2CCN(S(C)(=O)=O)CC2)C3)n[nH]1. The minimum atomic E-state index is -3.19. The molecule has 2 aromatic rings. The van der Waals surface area contributed by atoms with Crippen molar-refractivity contribution in [2.45, 2.75) is 32.7 Å². The molecule has 2 N–H and O–H groups in total. The van der Waals surface area contributed by atoms with E-state index in [-0.39, 0.29) is 11.8 Å². The summed E-state index contributed by atoms with van der Waals surface area (Å²) in [5.41, 5.74) is 2.79. The van der Waals surface area contributed by atoms with E-state index in [2.05, 4.69) is 25.5 Å². The molecule has 156 valence electrons. The fourth-order valence-corrected chi connectivity index (χ4v) is 4.82. The second-order valence-corrected chi connectivity index (χ2v) is 9.64. The molecule has 0 bridgehead atoms. The van der Waals surface area contributed by atoms with Crippen molar-refractivity contribution in [1.29, 1.82) is 0 Å². The minimum absolute atomic E-state index is 0.0832. The number of aromatic amines is 1. The lowest BCUT2D eigenvalue weighted by Crippen LogP contribution is -2.45. The summed E-state index contributed by atoms with van der Waals surface area (Å²) in [6.45, 7) is 3.77. The van der Waals surface area contributed by atoms with Crippen molar-refractivity contribution in [1.82, 2.24) is 29.4 Å². The highest BCUT2D eigenvalue weighted by atomic mass is 32.2. The van der Waals surface area contributed by atoms with Gasteiger partial charge in [0.1, 0.15) is 12.1 Å². The summed E-state index contributed by atoms with van der Waals surface area (Å²) in [4.78, 5) is 23.5. The van der Waals surface area contributed by atoms with Crippen LogP contribution in [0.2, 0.25) is 0 Å². The summed E-state index contributed by atoms with van der Waals surface area (Å²) < 4.78 is 24.8. The molecule has 29 heavy (non-hydrogen) atoms. The van der Waals surface area contributed by atoms with Gasteiger partial charge in [0.2, 0.25) is 15.9 Å². The van der Waals surface area contributed by atoms with Gasteiger partial charge in [-0.3, -0.25) is 9.89 Å². The van der Waals surface area contributed by atoms with Gasteiger partial charge < -0.3 is 10.2 Å². The summed E-state index contributed by atoms with van der Waals surface area (Å²) >= 11 is 0. The normalized spacial score (nSPS) is 18.5. The van der Waals surface area contributed by atoms with E-state index in [1.165, 1.54) is 16.9 Å². The number of carbonyl (C=O) groups excluding carboxylic acids is 1. The molecule has 2 aromatic heterocycles. The molecule has 1 amide bonds. The molecular weight excluding hydrogens is 394 g/mol. The number of piperidine rings is 1. The van der Waals surface area contributed by atoms with Gasteiger partial charge in [-0.2, -0.15) is 5.10 Å². The van der Waals surface area contributed by atoms with Gasteiger partial charge in [0.25, 0.3) is 0 Å². The number of nitrogens with zero attached hydrogens (tertiary/aromatic N) is 5. The molecule has 0 spiro atoms. The number of H-pyrrole nitrogens is 1. The van der Waals surface area contributed by atoms with Crippen molar-refractivity contribution in [3.05, 3.63) is 29.3 Å². The van der Waals surface area contributed by atoms with Gasteiger partial charge in [0.15, 0.2) is 5.82 Å². The molecule has 4 heterocycles. The van der Waals surface area contributed by atoms with Crippen LogP contribution in [0.3, 0.4) is 0 Å². The van der Waals surface area contributed by atoms with Gasteiger partial charge in [-0.05, 0) is 26.2 Å². The lowest BCUT2D eigenvalue weighted by Gasteiger charge is -2.35. The van der Waals surface area contributed by atoms with Crippen molar-refractivity contribution < 1.29 is 13.2 Å². The Hall–Kier alpha value is -2.53. The first kappa shape index (κ1) is 19.8. The third kappa shape index (κ3) is 4.25. The van der Waals surface area contributed by atoms with E-state index in [0.29, 0.717) is 51.3 Å². The van der Waals surface area contributed by atoms with Crippen LogP contribution in [0.1, 0.15) is 29.8 Å². The molecular formula is C18H25N7O3S. The van der Waals surface area contributed by atoms with Crippen molar-refractivity contribution in [2.24, 2.45) is 5.92 Å². The van der Waals surface area contributed by atoms with Crippen molar-refractivity contribution >= 4 is 27.6 Å². The number of fused-ring (bicyclic) bond motifs is 1. The van der Waals surface area contributed by atoms with Crippen LogP contribution >= 0.6 is 0 Å². The number of hydrogen-bond donors (Lipinski definition) is 2. The highest BCUT2D eigenvalue weighted by Gasteiger charge is 2.33. The first-order valence-corrected chi connectivity index (χ1v) is 11.5. The number of aromatic nitrogens is 4. The molecule has 1 saturated heterocycles. The molecule has 0 saturated carbocycles. The average molecular weight is 420 g/mol. The van der Waals surface area contributed by atoms with Gasteiger partial charge in [0.05, 0.1) is 18.5 Å². The topological polar surface area (TPSA) is 124 Å². The Morgan fingerprint density at radius 1 is 1.24 bits per heavy atom. The Labute approximate surface area is 169 Å². The van der Waals surface area contributed by atoms with Crippen molar-refractivity contribution in [2.75, 3.05) is 31.2 Å². The first-order valence-electron chi connectivity index (χ1n) is 9.67. The Balaban J connectivity index is 1.42. The fraction of sp³-hybridized carbons (Fsp3) is 0.556. The molecule has 0 aliphatic carbocycles. The maximum Gasteiger partial charge on any atom is 0.226 e. The predicted octanol–water partition coefficient (Wildman–Crippen LogP) is 0.808. The van der Waals surface area contributed by atoms with Gasteiger partial charge in [-0.1, -0.05) is 0 Å². The highest BCUT2D eigenvalue weighted by molar-refractivity contribution is 7.88. The maximum absolute atomic E-state index is 13.0. The zero-order chi connectivity index (χ0) is 20.6. The van der Waals surface area contributed by atoms with E-state index in [1.54, 1.807) is 0 Å². The molecule has 0 radical (unpaired) electrons. The Bertz CT molecular complexity index is 1010. The van der Waals surface area contributed by atoms with Crippen LogP contribution in [0.4, 0.5) is 11.6 Å². The summed E-state index contributed by atoms with van der Waals surface area (Å²) in [6.07, 6.45) is 4.50. The van der Waals surface area contributed by atoms with Gasteiger partial charge in [-0.25, -0.2) is 22.7 Å². The smallest absolute Gasteiger partial charge is 0.226 e. The molecule has 1 fully saturated rings. The fourth-order valence-electron chi connectivity index (χ4n) is 3.95. The number of rotatable bonds is 4. The van der Waals surface area contributed by atoms with Crippen LogP contribution in [-0.2, 0) is 27.8 Å². The van der Waals surface area contributed by atoms with E-state index in [0.717, 1.165) is 22.8 Å². The molecule has 4 rings (SSSR count). The lowest BCUT2D eigenvalue weighted by atomic mass is 9.95. The number of sulfonamides is 1. The molecule has 0 aromatic carbocycles. The van der Waals surface area contributed by atoms with Crippen LogP contribution in [-0.4, -0.2) is 69.6 Å². The summed E-state index contributed by atoms with van der Waals surface area (Å²) in [6, 6.07) is 1.90. The van der Waals surface area contributed by atoms with E-state index in [1.807, 2.05) is 17.9 Å². The molecule has 0 atom stereocenters. The van der Waals surface area contributed by atoms with E-state index < -0.39 is 10.0 Å². The largest absolute Gasteiger partial charge is 0.336 e. The zero-order valence-electron chi connectivity index (χ0n) is 16.6. The molecule has 0 unspecified atom stereocenters. The van der Waals surface area contributed by atoms with Crippen molar-refractivity contribution in [3.63, 3.8) is 0 Å². The zero-order valence-corrected chi connectivity index (χ0v) is 17.4. The second kappa shape index (κ2) is 7.71. The van der Waals surface area contributed by atoms with Crippen molar-refractivity contribution in [3.8, 4) is 0 Å². The van der Waals surface area contributed by atoms with Crippen LogP contribution in [0.25, 0.3) is 0 Å². The number of amides is 1. The minimum Gasteiger partial charge on any atom is -0.336 e. The molecule has 2 aliphatic heterocycles. The second-order valence-electron chi connectivity index (χ2n) is 7.65. The maximum atomic E-state index is 13.0.